The van der Waals surface area contributed by atoms with Gasteiger partial charge in [0.1, 0.15) is 17.2 Å². The van der Waals surface area contributed by atoms with Crippen molar-refractivity contribution in [1.82, 2.24) is 0 Å². The number of hydrogen-bond donors (Lipinski definition) is 0. The first-order chi connectivity index (χ1) is 13.7. The number of rotatable bonds is 3. The van der Waals surface area contributed by atoms with Gasteiger partial charge in [-0.05, 0) is 17.9 Å². The molecule has 0 amide bonds. The molecule has 0 saturated heterocycles. The lowest BCUT2D eigenvalue weighted by molar-refractivity contribution is 0.418. The van der Waals surface area contributed by atoms with Gasteiger partial charge in [-0.15, -0.1) is 11.3 Å². The van der Waals surface area contributed by atoms with E-state index in [1.807, 2.05) is 12.1 Å². The van der Waals surface area contributed by atoms with Crippen LogP contribution in [0.4, 0.5) is 0 Å². The molecule has 5 aromatic rings. The minimum Gasteiger partial charge on any atom is -0.495 e. The van der Waals surface area contributed by atoms with Crippen molar-refractivity contribution in [2.75, 3.05) is 21.3 Å². The van der Waals surface area contributed by atoms with Gasteiger partial charge < -0.3 is 14.2 Å². The molecule has 140 valence electrons. The minimum atomic E-state index is 0.887. The lowest BCUT2D eigenvalue weighted by Gasteiger charge is -2.14. The van der Waals surface area contributed by atoms with E-state index in [0.29, 0.717) is 0 Å². The van der Waals surface area contributed by atoms with Crippen LogP contribution < -0.4 is 14.2 Å². The zero-order valence-electron chi connectivity index (χ0n) is 16.3. The summed E-state index contributed by atoms with van der Waals surface area (Å²) in [7, 11) is 5.22. The number of benzene rings is 4. The molecule has 0 atom stereocenters. The standard InChI is InChI=1S/C24H20O3S/c1-13-14-9-5-6-10-15(14)21(26-3)23-18(13)19-20(25-2)16-11-7-8-12-17(16)22(27-4)24(19)28-23/h5-12H,1-4H3. The molecule has 4 heteroatoms. The molecule has 0 bridgehead atoms. The van der Waals surface area contributed by atoms with Gasteiger partial charge in [-0.2, -0.15) is 0 Å². The largest absolute Gasteiger partial charge is 0.495 e. The van der Waals surface area contributed by atoms with E-state index in [1.54, 1.807) is 32.7 Å². The summed E-state index contributed by atoms with van der Waals surface area (Å²) in [4.78, 5) is 0. The van der Waals surface area contributed by atoms with Crippen LogP contribution in [0.1, 0.15) is 5.56 Å². The average molecular weight is 388 g/mol. The summed E-state index contributed by atoms with van der Waals surface area (Å²) in [5.41, 5.74) is 1.23. The zero-order chi connectivity index (χ0) is 19.4. The SMILES string of the molecule is COc1c2ccccc2c(C)c2c1sc1c(OC)c3ccccc3c(OC)c12. The maximum atomic E-state index is 5.96. The number of ether oxygens (including phenoxy) is 3. The van der Waals surface area contributed by atoms with Gasteiger partial charge in [0.05, 0.1) is 30.7 Å². The predicted molar refractivity (Wildman–Crippen MR) is 119 cm³/mol. The molecular formula is C24H20O3S. The quantitative estimate of drug-likeness (QED) is 0.344. The van der Waals surface area contributed by atoms with E-state index >= 15 is 0 Å². The summed E-state index contributed by atoms with van der Waals surface area (Å²) < 4.78 is 20.0. The second-order valence-electron chi connectivity index (χ2n) is 6.83. The van der Waals surface area contributed by atoms with Crippen molar-refractivity contribution in [1.29, 1.82) is 0 Å². The average Bonchev–Trinajstić information content (AvgIpc) is 3.12. The van der Waals surface area contributed by atoms with Gasteiger partial charge in [0, 0.05) is 26.9 Å². The van der Waals surface area contributed by atoms with Crippen LogP contribution in [0.15, 0.2) is 48.5 Å². The van der Waals surface area contributed by atoms with Gasteiger partial charge in [-0.25, -0.2) is 0 Å². The van der Waals surface area contributed by atoms with Crippen LogP contribution in [-0.4, -0.2) is 21.3 Å². The van der Waals surface area contributed by atoms with Crippen LogP contribution in [0.25, 0.3) is 41.7 Å². The van der Waals surface area contributed by atoms with E-state index in [1.165, 1.54) is 16.3 Å². The highest BCUT2D eigenvalue weighted by Crippen LogP contribution is 2.53. The van der Waals surface area contributed by atoms with Crippen LogP contribution in [0.2, 0.25) is 0 Å². The van der Waals surface area contributed by atoms with E-state index in [2.05, 4.69) is 43.3 Å². The number of hydrogen-bond acceptors (Lipinski definition) is 4. The normalized spacial score (nSPS) is 11.6. The molecule has 1 heterocycles. The Morgan fingerprint density at radius 2 is 1.00 bits per heavy atom. The van der Waals surface area contributed by atoms with Crippen LogP contribution in [-0.2, 0) is 0 Å². The van der Waals surface area contributed by atoms with Crippen molar-refractivity contribution in [2.24, 2.45) is 0 Å². The van der Waals surface area contributed by atoms with Crippen molar-refractivity contribution < 1.29 is 14.2 Å². The molecule has 3 nitrogen and oxygen atoms in total. The van der Waals surface area contributed by atoms with Crippen molar-refractivity contribution in [3.63, 3.8) is 0 Å². The first-order valence-corrected chi connectivity index (χ1v) is 9.97. The van der Waals surface area contributed by atoms with Crippen molar-refractivity contribution in [3.05, 3.63) is 54.1 Å². The third kappa shape index (κ3) is 2.09. The lowest BCUT2D eigenvalue weighted by atomic mass is 9.96. The van der Waals surface area contributed by atoms with Gasteiger partial charge in [-0.3, -0.25) is 0 Å². The van der Waals surface area contributed by atoms with Gasteiger partial charge in [0.25, 0.3) is 0 Å². The molecule has 0 saturated carbocycles. The molecule has 4 aromatic carbocycles. The molecular weight excluding hydrogens is 368 g/mol. The summed E-state index contributed by atoms with van der Waals surface area (Å²) in [6.07, 6.45) is 0. The third-order valence-electron chi connectivity index (χ3n) is 5.53. The first kappa shape index (κ1) is 17.1. The highest BCUT2D eigenvalue weighted by Gasteiger charge is 2.24. The molecule has 0 aliphatic rings. The molecule has 0 radical (unpaired) electrons. The fraction of sp³-hybridized carbons (Fsp3) is 0.167. The van der Waals surface area contributed by atoms with Crippen LogP contribution in [0.5, 0.6) is 17.2 Å². The van der Waals surface area contributed by atoms with Gasteiger partial charge >= 0.3 is 0 Å². The number of methoxy groups -OCH3 is 3. The second-order valence-corrected chi connectivity index (χ2v) is 7.85. The topological polar surface area (TPSA) is 27.7 Å². The van der Waals surface area contributed by atoms with Crippen LogP contribution >= 0.6 is 11.3 Å². The fourth-order valence-corrected chi connectivity index (χ4v) is 5.77. The van der Waals surface area contributed by atoms with E-state index in [4.69, 9.17) is 14.2 Å². The fourth-order valence-electron chi connectivity index (χ4n) is 4.34. The highest BCUT2D eigenvalue weighted by atomic mass is 32.1. The molecule has 0 spiro atoms. The maximum Gasteiger partial charge on any atom is 0.144 e. The van der Waals surface area contributed by atoms with E-state index in [0.717, 1.165) is 48.2 Å². The van der Waals surface area contributed by atoms with E-state index in [-0.39, 0.29) is 0 Å². The van der Waals surface area contributed by atoms with Crippen molar-refractivity contribution in [3.8, 4) is 17.2 Å². The third-order valence-corrected chi connectivity index (χ3v) is 6.71. The molecule has 0 unspecified atom stereocenters. The Kier molecular flexibility index (Phi) is 3.84. The van der Waals surface area contributed by atoms with E-state index in [9.17, 15) is 0 Å². The Balaban J connectivity index is 2.16. The first-order valence-electron chi connectivity index (χ1n) is 9.15. The zero-order valence-corrected chi connectivity index (χ0v) is 17.1. The molecule has 28 heavy (non-hydrogen) atoms. The minimum absolute atomic E-state index is 0.887. The van der Waals surface area contributed by atoms with Gasteiger partial charge in [0.2, 0.25) is 0 Å². The monoisotopic (exact) mass is 388 g/mol. The molecule has 0 aliphatic heterocycles. The summed E-state index contributed by atoms with van der Waals surface area (Å²) in [6, 6.07) is 16.6. The Morgan fingerprint density at radius 1 is 0.571 bits per heavy atom. The molecule has 0 fully saturated rings. The molecule has 0 N–H and O–H groups in total. The van der Waals surface area contributed by atoms with Gasteiger partial charge in [0.15, 0.2) is 0 Å². The Morgan fingerprint density at radius 3 is 1.54 bits per heavy atom. The van der Waals surface area contributed by atoms with Crippen molar-refractivity contribution >= 4 is 53.1 Å². The summed E-state index contributed by atoms with van der Waals surface area (Å²) in [6.45, 7) is 2.18. The van der Waals surface area contributed by atoms with Crippen LogP contribution in [0.3, 0.4) is 0 Å². The van der Waals surface area contributed by atoms with Crippen LogP contribution in [0, 0.1) is 6.92 Å². The Bertz CT molecular complexity index is 1380. The summed E-state index contributed by atoms with van der Waals surface area (Å²) in [5, 5.41) is 6.71. The van der Waals surface area contributed by atoms with Gasteiger partial charge in [-0.1, -0.05) is 48.5 Å². The number of thiophene rings is 1. The number of fused-ring (bicyclic) bond motifs is 5. The molecule has 0 aliphatic carbocycles. The second kappa shape index (κ2) is 6.28. The molecule has 5 rings (SSSR count). The summed E-state index contributed by atoms with van der Waals surface area (Å²) in [5.74, 6) is 2.68. The Hall–Kier alpha value is -2.98. The highest BCUT2D eigenvalue weighted by molar-refractivity contribution is 7.26. The summed E-state index contributed by atoms with van der Waals surface area (Å²) >= 11 is 1.71. The van der Waals surface area contributed by atoms with Crippen molar-refractivity contribution in [2.45, 2.75) is 6.92 Å². The number of aryl methyl sites for hydroxylation is 1. The molecule has 1 aromatic heterocycles. The van der Waals surface area contributed by atoms with E-state index < -0.39 is 0 Å². The lowest BCUT2D eigenvalue weighted by Crippen LogP contribution is -1.92. The Labute approximate surface area is 167 Å². The smallest absolute Gasteiger partial charge is 0.144 e. The maximum absolute atomic E-state index is 5.96. The predicted octanol–water partition coefficient (Wildman–Crippen LogP) is 6.70.